The van der Waals surface area contributed by atoms with E-state index in [9.17, 15) is 4.79 Å². The summed E-state index contributed by atoms with van der Waals surface area (Å²) in [6, 6.07) is 5.45. The van der Waals surface area contributed by atoms with Gasteiger partial charge in [-0.3, -0.25) is 4.98 Å². The highest BCUT2D eigenvalue weighted by molar-refractivity contribution is 7.08. The molecule has 0 aliphatic heterocycles. The van der Waals surface area contributed by atoms with Crippen LogP contribution in [0.1, 0.15) is 11.3 Å². The summed E-state index contributed by atoms with van der Waals surface area (Å²) in [6.45, 7) is 1.88. The lowest BCUT2D eigenvalue weighted by Crippen LogP contribution is -2.03. The second kappa shape index (κ2) is 5.41. The monoisotopic (exact) mass is 245 g/mol. The molecule has 17 heavy (non-hydrogen) atoms. The van der Waals surface area contributed by atoms with E-state index in [4.69, 9.17) is 4.74 Å². The molecule has 0 N–H and O–H groups in total. The van der Waals surface area contributed by atoms with E-state index in [1.165, 1.54) is 12.3 Å². The molecule has 0 amide bonds. The molecule has 0 aliphatic carbocycles. The van der Waals surface area contributed by atoms with Gasteiger partial charge in [-0.2, -0.15) is 11.3 Å². The number of thiophene rings is 1. The molecule has 0 saturated heterocycles. The summed E-state index contributed by atoms with van der Waals surface area (Å²) in [5, 5.41) is 3.91. The molecule has 0 bridgehead atoms. The first-order valence-electron chi connectivity index (χ1n) is 5.09. The number of pyridine rings is 1. The van der Waals surface area contributed by atoms with Crippen LogP contribution in [-0.2, 0) is 4.79 Å². The highest BCUT2D eigenvalue weighted by Gasteiger charge is 2.00. The number of nitrogens with zero attached hydrogens (tertiary/aromatic N) is 1. The molecule has 0 unspecified atom stereocenters. The fourth-order valence-electron chi connectivity index (χ4n) is 1.20. The van der Waals surface area contributed by atoms with Crippen molar-refractivity contribution in [2.24, 2.45) is 0 Å². The van der Waals surface area contributed by atoms with Crippen LogP contribution in [0.25, 0.3) is 6.08 Å². The lowest BCUT2D eigenvalue weighted by molar-refractivity contribution is -0.128. The van der Waals surface area contributed by atoms with Crippen LogP contribution in [0.4, 0.5) is 0 Å². The van der Waals surface area contributed by atoms with Gasteiger partial charge in [-0.1, -0.05) is 0 Å². The predicted octanol–water partition coefficient (Wildman–Crippen LogP) is 3.07. The second-order valence-electron chi connectivity index (χ2n) is 3.45. The van der Waals surface area contributed by atoms with Crippen molar-refractivity contribution in [3.05, 3.63) is 52.5 Å². The Morgan fingerprint density at radius 3 is 2.94 bits per heavy atom. The standard InChI is InChI=1S/C13H11NO2S/c1-10-2-4-12(8-14-10)16-13(15)5-3-11-6-7-17-9-11/h2-9H,1H3/b5-3-. The van der Waals surface area contributed by atoms with Crippen LogP contribution >= 0.6 is 11.3 Å². The quantitative estimate of drug-likeness (QED) is 0.616. The Hall–Kier alpha value is -1.94. The van der Waals surface area contributed by atoms with E-state index >= 15 is 0 Å². The Labute approximate surface area is 103 Å². The van der Waals surface area contributed by atoms with E-state index in [-0.39, 0.29) is 0 Å². The van der Waals surface area contributed by atoms with Gasteiger partial charge in [0, 0.05) is 11.8 Å². The van der Waals surface area contributed by atoms with Crippen molar-refractivity contribution >= 4 is 23.4 Å². The number of esters is 1. The molecule has 2 aromatic rings. The van der Waals surface area contributed by atoms with E-state index in [0.29, 0.717) is 5.75 Å². The maximum atomic E-state index is 11.5. The summed E-state index contributed by atoms with van der Waals surface area (Å²) in [5.41, 5.74) is 1.88. The molecule has 0 aliphatic rings. The summed E-state index contributed by atoms with van der Waals surface area (Å²) < 4.78 is 5.08. The molecule has 2 aromatic heterocycles. The number of aryl methyl sites for hydroxylation is 1. The summed E-state index contributed by atoms with van der Waals surface area (Å²) in [7, 11) is 0. The first kappa shape index (κ1) is 11.5. The van der Waals surface area contributed by atoms with Crippen LogP contribution in [0.3, 0.4) is 0 Å². The van der Waals surface area contributed by atoms with Gasteiger partial charge in [-0.05, 0) is 47.5 Å². The summed E-state index contributed by atoms with van der Waals surface area (Å²) in [5.74, 6) is 0.0532. The normalized spacial score (nSPS) is 10.6. The Bertz CT molecular complexity index is 515. The first-order chi connectivity index (χ1) is 8.24. The zero-order chi connectivity index (χ0) is 12.1. The lowest BCUT2D eigenvalue weighted by atomic mass is 10.3. The SMILES string of the molecule is Cc1ccc(OC(=O)/C=C\c2ccsc2)cn1. The number of carbonyl (C=O) groups is 1. The average Bonchev–Trinajstić information content (AvgIpc) is 2.83. The molecule has 0 fully saturated rings. The molecule has 2 heterocycles. The zero-order valence-electron chi connectivity index (χ0n) is 9.29. The summed E-state index contributed by atoms with van der Waals surface area (Å²) in [6.07, 6.45) is 4.66. The summed E-state index contributed by atoms with van der Waals surface area (Å²) in [4.78, 5) is 15.5. The van der Waals surface area contributed by atoms with Crippen molar-refractivity contribution < 1.29 is 9.53 Å². The fourth-order valence-corrected chi connectivity index (χ4v) is 1.83. The van der Waals surface area contributed by atoms with Crippen LogP contribution in [0.5, 0.6) is 5.75 Å². The number of aromatic nitrogens is 1. The maximum absolute atomic E-state index is 11.5. The number of rotatable bonds is 3. The minimum atomic E-state index is -0.401. The Kier molecular flexibility index (Phi) is 3.67. The Balaban J connectivity index is 1.95. The van der Waals surface area contributed by atoms with Gasteiger partial charge >= 0.3 is 5.97 Å². The van der Waals surface area contributed by atoms with Gasteiger partial charge in [0.2, 0.25) is 0 Å². The lowest BCUT2D eigenvalue weighted by Gasteiger charge is -2.00. The van der Waals surface area contributed by atoms with Crippen LogP contribution in [0, 0.1) is 6.92 Å². The van der Waals surface area contributed by atoms with Gasteiger partial charge in [0.25, 0.3) is 0 Å². The van der Waals surface area contributed by atoms with Gasteiger partial charge in [0.05, 0.1) is 6.20 Å². The third-order valence-electron chi connectivity index (χ3n) is 2.06. The second-order valence-corrected chi connectivity index (χ2v) is 4.23. The third kappa shape index (κ3) is 3.53. The van der Waals surface area contributed by atoms with Crippen molar-refractivity contribution in [1.82, 2.24) is 4.98 Å². The Morgan fingerprint density at radius 2 is 2.29 bits per heavy atom. The topological polar surface area (TPSA) is 39.2 Å². The number of hydrogen-bond acceptors (Lipinski definition) is 4. The molecule has 0 saturated carbocycles. The molecule has 0 atom stereocenters. The Morgan fingerprint density at radius 1 is 1.41 bits per heavy atom. The van der Waals surface area contributed by atoms with Gasteiger partial charge in [0.1, 0.15) is 5.75 Å². The number of hydrogen-bond donors (Lipinski definition) is 0. The van der Waals surface area contributed by atoms with Crippen molar-refractivity contribution in [3.8, 4) is 5.75 Å². The molecule has 0 spiro atoms. The fraction of sp³-hybridized carbons (Fsp3) is 0.0769. The van der Waals surface area contributed by atoms with Crippen molar-refractivity contribution in [2.75, 3.05) is 0 Å². The molecular weight excluding hydrogens is 234 g/mol. The van der Waals surface area contributed by atoms with Crippen LogP contribution in [-0.4, -0.2) is 11.0 Å². The smallest absolute Gasteiger partial charge is 0.336 e. The molecule has 0 radical (unpaired) electrons. The average molecular weight is 245 g/mol. The van der Waals surface area contributed by atoms with Gasteiger partial charge in [-0.15, -0.1) is 0 Å². The molecule has 3 nitrogen and oxygen atoms in total. The van der Waals surface area contributed by atoms with E-state index in [2.05, 4.69) is 4.98 Å². The van der Waals surface area contributed by atoms with Crippen LogP contribution in [0.2, 0.25) is 0 Å². The summed E-state index contributed by atoms with van der Waals surface area (Å²) >= 11 is 1.58. The van der Waals surface area contributed by atoms with E-state index < -0.39 is 5.97 Å². The molecule has 0 aromatic carbocycles. The number of ether oxygens (including phenoxy) is 1. The maximum Gasteiger partial charge on any atom is 0.336 e. The molecule has 86 valence electrons. The van der Waals surface area contributed by atoms with E-state index in [1.54, 1.807) is 29.5 Å². The molecule has 2 rings (SSSR count). The molecular formula is C13H11NO2S. The highest BCUT2D eigenvalue weighted by atomic mass is 32.1. The van der Waals surface area contributed by atoms with Gasteiger partial charge in [-0.25, -0.2) is 4.79 Å². The van der Waals surface area contributed by atoms with Crippen molar-refractivity contribution in [1.29, 1.82) is 0 Å². The van der Waals surface area contributed by atoms with Crippen LogP contribution in [0.15, 0.2) is 41.2 Å². The molecule has 4 heteroatoms. The number of carbonyl (C=O) groups excluding carboxylic acids is 1. The highest BCUT2D eigenvalue weighted by Crippen LogP contribution is 2.10. The predicted molar refractivity (Wildman–Crippen MR) is 68.0 cm³/mol. The largest absolute Gasteiger partial charge is 0.422 e. The van der Waals surface area contributed by atoms with Crippen molar-refractivity contribution in [2.45, 2.75) is 6.92 Å². The van der Waals surface area contributed by atoms with Gasteiger partial charge < -0.3 is 4.74 Å². The first-order valence-corrected chi connectivity index (χ1v) is 6.03. The minimum absolute atomic E-state index is 0.401. The van der Waals surface area contributed by atoms with Gasteiger partial charge in [0.15, 0.2) is 0 Å². The van der Waals surface area contributed by atoms with Crippen molar-refractivity contribution in [3.63, 3.8) is 0 Å². The zero-order valence-corrected chi connectivity index (χ0v) is 10.1. The minimum Gasteiger partial charge on any atom is -0.422 e. The van der Waals surface area contributed by atoms with E-state index in [0.717, 1.165) is 11.3 Å². The van der Waals surface area contributed by atoms with E-state index in [1.807, 2.05) is 23.8 Å². The third-order valence-corrected chi connectivity index (χ3v) is 2.76. The van der Waals surface area contributed by atoms with Crippen LogP contribution < -0.4 is 4.74 Å².